The number of thioether (sulfide) groups is 1. The van der Waals surface area contributed by atoms with Crippen LogP contribution in [0.5, 0.6) is 0 Å². The van der Waals surface area contributed by atoms with Crippen LogP contribution in [-0.4, -0.2) is 18.6 Å². The molecule has 17 heavy (non-hydrogen) atoms. The van der Waals surface area contributed by atoms with Gasteiger partial charge in [0, 0.05) is 6.54 Å². The van der Waals surface area contributed by atoms with Crippen molar-refractivity contribution in [2.24, 2.45) is 0 Å². The lowest BCUT2D eigenvalue weighted by atomic mass is 10.2. The summed E-state index contributed by atoms with van der Waals surface area (Å²) in [5.74, 6) is 1.06. The van der Waals surface area contributed by atoms with Gasteiger partial charge in [0.05, 0.1) is 4.47 Å². The monoisotopic (exact) mass is 319 g/mol. The van der Waals surface area contributed by atoms with Crippen LogP contribution in [0.25, 0.3) is 0 Å². The van der Waals surface area contributed by atoms with Crippen LogP contribution in [0.15, 0.2) is 22.7 Å². The molecule has 0 spiro atoms. The largest absolute Gasteiger partial charge is 0.313 e. The molecule has 0 aliphatic heterocycles. The normalized spacial score (nSPS) is 10.8. The minimum absolute atomic E-state index is 0.190. The van der Waals surface area contributed by atoms with Crippen molar-refractivity contribution in [3.63, 3.8) is 0 Å². The van der Waals surface area contributed by atoms with Gasteiger partial charge < -0.3 is 5.32 Å². The van der Waals surface area contributed by atoms with Gasteiger partial charge >= 0.3 is 0 Å². The first-order valence-corrected chi connectivity index (χ1v) is 8.06. The molecule has 1 nitrogen and oxygen atoms in total. The van der Waals surface area contributed by atoms with E-state index >= 15 is 0 Å². The summed E-state index contributed by atoms with van der Waals surface area (Å²) in [5.41, 5.74) is 0.995. The smallest absolute Gasteiger partial charge is 0.137 e. The van der Waals surface area contributed by atoms with Crippen LogP contribution < -0.4 is 5.32 Å². The quantitative estimate of drug-likeness (QED) is 0.720. The number of hydrogen-bond acceptors (Lipinski definition) is 2. The highest BCUT2D eigenvalue weighted by atomic mass is 79.9. The molecule has 0 amide bonds. The van der Waals surface area contributed by atoms with E-state index in [0.717, 1.165) is 18.7 Å². The van der Waals surface area contributed by atoms with Gasteiger partial charge in [0.2, 0.25) is 0 Å². The second kappa shape index (κ2) is 8.95. The number of halogens is 2. The fourth-order valence-electron chi connectivity index (χ4n) is 1.56. The van der Waals surface area contributed by atoms with Crippen molar-refractivity contribution in [3.8, 4) is 0 Å². The number of nitrogens with one attached hydrogen (secondary N) is 1. The molecule has 96 valence electrons. The molecule has 1 aromatic rings. The molecule has 1 aromatic carbocycles. The van der Waals surface area contributed by atoms with Gasteiger partial charge in [0.15, 0.2) is 0 Å². The number of unbranched alkanes of at least 4 members (excludes halogenated alkanes) is 2. The highest BCUT2D eigenvalue weighted by molar-refractivity contribution is 9.10. The molecule has 0 fully saturated rings. The highest BCUT2D eigenvalue weighted by Gasteiger charge is 1.99. The third-order valence-corrected chi connectivity index (χ3v) is 3.86. The van der Waals surface area contributed by atoms with Gasteiger partial charge in [0.1, 0.15) is 5.82 Å². The molecule has 0 aromatic heterocycles. The van der Waals surface area contributed by atoms with E-state index in [1.54, 1.807) is 12.1 Å². The van der Waals surface area contributed by atoms with Crippen LogP contribution in [0.3, 0.4) is 0 Å². The number of hydrogen-bond donors (Lipinski definition) is 1. The van der Waals surface area contributed by atoms with Crippen molar-refractivity contribution in [1.82, 2.24) is 5.32 Å². The van der Waals surface area contributed by atoms with Gasteiger partial charge in [-0.25, -0.2) is 4.39 Å². The predicted molar refractivity (Wildman–Crippen MR) is 78.0 cm³/mol. The lowest BCUT2D eigenvalue weighted by Gasteiger charge is -2.05. The maximum absolute atomic E-state index is 13.2. The van der Waals surface area contributed by atoms with E-state index < -0.39 is 0 Å². The third-order valence-electron chi connectivity index (χ3n) is 2.52. The van der Waals surface area contributed by atoms with Crippen molar-refractivity contribution in [2.45, 2.75) is 25.8 Å². The summed E-state index contributed by atoms with van der Waals surface area (Å²) in [5, 5.41) is 3.34. The van der Waals surface area contributed by atoms with E-state index in [4.69, 9.17) is 0 Å². The number of benzene rings is 1. The standard InChI is InChI=1S/C13H19BrFNS/c1-17-8-4-2-3-7-16-10-11-5-6-12(14)13(15)9-11/h5-6,9,16H,2-4,7-8,10H2,1H3. The Kier molecular flexibility index (Phi) is 7.90. The molecule has 0 heterocycles. The van der Waals surface area contributed by atoms with E-state index in [-0.39, 0.29) is 5.82 Å². The second-order valence-corrected chi connectivity index (χ2v) is 5.82. The average molecular weight is 320 g/mol. The summed E-state index contributed by atoms with van der Waals surface area (Å²) in [4.78, 5) is 0. The van der Waals surface area contributed by atoms with Crippen LogP contribution in [-0.2, 0) is 6.54 Å². The Balaban J connectivity index is 2.11. The summed E-state index contributed by atoms with van der Waals surface area (Å²) in [6, 6.07) is 5.27. The molecule has 0 saturated heterocycles. The first-order valence-electron chi connectivity index (χ1n) is 5.87. The summed E-state index contributed by atoms with van der Waals surface area (Å²) in [7, 11) is 0. The predicted octanol–water partition coefficient (Wildman–Crippen LogP) is 4.21. The van der Waals surface area contributed by atoms with Crippen molar-refractivity contribution >= 4 is 27.7 Å². The molecular weight excluding hydrogens is 301 g/mol. The van der Waals surface area contributed by atoms with Gasteiger partial charge in [-0.2, -0.15) is 11.8 Å². The van der Waals surface area contributed by atoms with Crippen molar-refractivity contribution in [1.29, 1.82) is 0 Å². The molecule has 0 saturated carbocycles. The minimum atomic E-state index is -0.190. The van der Waals surface area contributed by atoms with Gasteiger partial charge in [0.25, 0.3) is 0 Å². The second-order valence-electron chi connectivity index (χ2n) is 3.98. The first kappa shape index (κ1) is 15.0. The molecule has 0 unspecified atom stereocenters. The SMILES string of the molecule is CSCCCCCNCc1ccc(Br)c(F)c1. The Labute approximate surface area is 116 Å². The van der Waals surface area contributed by atoms with Crippen LogP contribution in [0.2, 0.25) is 0 Å². The average Bonchev–Trinajstić information content (AvgIpc) is 2.32. The van der Waals surface area contributed by atoms with E-state index in [0.29, 0.717) is 4.47 Å². The van der Waals surface area contributed by atoms with Gasteiger partial charge in [-0.3, -0.25) is 0 Å². The van der Waals surface area contributed by atoms with Crippen molar-refractivity contribution in [3.05, 3.63) is 34.1 Å². The van der Waals surface area contributed by atoms with Crippen LogP contribution >= 0.6 is 27.7 Å². The maximum Gasteiger partial charge on any atom is 0.137 e. The van der Waals surface area contributed by atoms with Gasteiger partial charge in [-0.05, 0) is 65.0 Å². The zero-order valence-corrected chi connectivity index (χ0v) is 12.5. The van der Waals surface area contributed by atoms with Crippen LogP contribution in [0.4, 0.5) is 4.39 Å². The third kappa shape index (κ3) is 6.43. The molecule has 0 aliphatic carbocycles. The Hall–Kier alpha value is -0.0600. The Bertz CT molecular complexity index is 333. The molecule has 1 rings (SSSR count). The lowest BCUT2D eigenvalue weighted by molar-refractivity contribution is 0.602. The van der Waals surface area contributed by atoms with Crippen LogP contribution in [0.1, 0.15) is 24.8 Å². The van der Waals surface area contributed by atoms with Gasteiger partial charge in [-0.1, -0.05) is 12.5 Å². The molecule has 0 radical (unpaired) electrons. The summed E-state index contributed by atoms with van der Waals surface area (Å²) in [6.45, 7) is 1.75. The Morgan fingerprint density at radius 2 is 2.12 bits per heavy atom. The molecule has 1 N–H and O–H groups in total. The fourth-order valence-corrected chi connectivity index (χ4v) is 2.29. The van der Waals surface area contributed by atoms with E-state index in [1.807, 2.05) is 17.8 Å². The molecule has 0 aliphatic rings. The minimum Gasteiger partial charge on any atom is -0.313 e. The molecule has 0 bridgehead atoms. The molecule has 0 atom stereocenters. The molecule has 4 heteroatoms. The zero-order chi connectivity index (χ0) is 12.5. The highest BCUT2D eigenvalue weighted by Crippen LogP contribution is 2.16. The fraction of sp³-hybridized carbons (Fsp3) is 0.538. The van der Waals surface area contributed by atoms with E-state index in [1.165, 1.54) is 25.0 Å². The Morgan fingerprint density at radius 3 is 2.82 bits per heavy atom. The topological polar surface area (TPSA) is 12.0 Å². The lowest BCUT2D eigenvalue weighted by Crippen LogP contribution is -2.14. The number of rotatable bonds is 8. The molecular formula is C13H19BrFNS. The van der Waals surface area contributed by atoms with Gasteiger partial charge in [-0.15, -0.1) is 0 Å². The van der Waals surface area contributed by atoms with E-state index in [9.17, 15) is 4.39 Å². The van der Waals surface area contributed by atoms with Crippen molar-refractivity contribution < 1.29 is 4.39 Å². The van der Waals surface area contributed by atoms with E-state index in [2.05, 4.69) is 27.5 Å². The maximum atomic E-state index is 13.2. The summed E-state index contributed by atoms with van der Waals surface area (Å²) in [6.07, 6.45) is 5.89. The Morgan fingerprint density at radius 1 is 1.29 bits per heavy atom. The first-order chi connectivity index (χ1) is 8.24. The summed E-state index contributed by atoms with van der Waals surface area (Å²) < 4.78 is 13.7. The zero-order valence-electron chi connectivity index (χ0n) is 10.1. The summed E-state index contributed by atoms with van der Waals surface area (Å²) >= 11 is 5.05. The van der Waals surface area contributed by atoms with Crippen LogP contribution in [0, 0.1) is 5.82 Å². The van der Waals surface area contributed by atoms with Crippen molar-refractivity contribution in [2.75, 3.05) is 18.6 Å².